The number of hydrogen-bond acceptors (Lipinski definition) is 6. The average molecular weight is 440 g/mol. The second-order valence-electron chi connectivity index (χ2n) is 7.46. The first kappa shape index (κ1) is 21.8. The predicted octanol–water partition coefficient (Wildman–Crippen LogP) is 2.55. The second kappa shape index (κ2) is 8.87. The van der Waals surface area contributed by atoms with E-state index in [9.17, 15) is 9.59 Å². The Balaban J connectivity index is 0.00000240. The lowest BCUT2D eigenvalue weighted by molar-refractivity contribution is -0.0771. The zero-order valence-corrected chi connectivity index (χ0v) is 18.2. The van der Waals surface area contributed by atoms with Crippen LogP contribution in [0.15, 0.2) is 22.6 Å². The third kappa shape index (κ3) is 4.35. The van der Waals surface area contributed by atoms with Crippen LogP contribution in [0.2, 0.25) is 0 Å². The van der Waals surface area contributed by atoms with Gasteiger partial charge in [-0.05, 0) is 56.1 Å². The Morgan fingerprint density at radius 1 is 1.28 bits per heavy atom. The van der Waals surface area contributed by atoms with Gasteiger partial charge in [-0.15, -0.1) is 23.7 Å². The first-order chi connectivity index (χ1) is 13.5. The summed E-state index contributed by atoms with van der Waals surface area (Å²) < 4.78 is 11.7. The molecule has 4 heterocycles. The summed E-state index contributed by atoms with van der Waals surface area (Å²) in [6.07, 6.45) is 2.73. The zero-order valence-electron chi connectivity index (χ0n) is 16.6. The van der Waals surface area contributed by atoms with E-state index in [2.05, 4.69) is 10.6 Å². The Bertz CT molecular complexity index is 886. The maximum Gasteiger partial charge on any atom is 0.289 e. The minimum atomic E-state index is -0.232. The predicted molar refractivity (Wildman–Crippen MR) is 113 cm³/mol. The first-order valence-corrected chi connectivity index (χ1v) is 10.4. The molecule has 0 atom stereocenters. The number of piperidine rings is 1. The molecule has 0 bridgehead atoms. The Morgan fingerprint density at radius 3 is 2.76 bits per heavy atom. The molecule has 0 radical (unpaired) electrons. The molecule has 0 aromatic carbocycles. The van der Waals surface area contributed by atoms with Crippen molar-refractivity contribution in [1.82, 2.24) is 15.5 Å². The van der Waals surface area contributed by atoms with Crippen molar-refractivity contribution >= 4 is 35.6 Å². The normalized spacial score (nSPS) is 17.3. The molecule has 29 heavy (non-hydrogen) atoms. The van der Waals surface area contributed by atoms with Gasteiger partial charge in [0.25, 0.3) is 11.8 Å². The molecule has 2 aromatic rings. The SMILES string of the molecule is CN(C)C(=O)c1ccc(CNC(=O)c2cc3c(s2)C2(CCNCC2)OCC3)o1.Cl. The van der Waals surface area contributed by atoms with Crippen LogP contribution in [0.5, 0.6) is 0 Å². The van der Waals surface area contributed by atoms with Crippen molar-refractivity contribution in [2.24, 2.45) is 0 Å². The van der Waals surface area contributed by atoms with Crippen LogP contribution in [-0.2, 0) is 23.3 Å². The third-order valence-electron chi connectivity index (χ3n) is 5.31. The van der Waals surface area contributed by atoms with Crippen LogP contribution >= 0.6 is 23.7 Å². The monoisotopic (exact) mass is 439 g/mol. The number of rotatable bonds is 4. The molecule has 0 aliphatic carbocycles. The molecule has 158 valence electrons. The van der Waals surface area contributed by atoms with Crippen molar-refractivity contribution in [2.75, 3.05) is 33.8 Å². The smallest absolute Gasteiger partial charge is 0.289 e. The summed E-state index contributed by atoms with van der Waals surface area (Å²) in [7, 11) is 3.34. The van der Waals surface area contributed by atoms with Crippen molar-refractivity contribution in [3.63, 3.8) is 0 Å². The number of ether oxygens (including phenoxy) is 1. The van der Waals surface area contributed by atoms with Gasteiger partial charge < -0.3 is 24.7 Å². The number of hydrogen-bond donors (Lipinski definition) is 2. The van der Waals surface area contributed by atoms with Gasteiger partial charge >= 0.3 is 0 Å². The largest absolute Gasteiger partial charge is 0.454 e. The van der Waals surface area contributed by atoms with Crippen LogP contribution in [0, 0.1) is 0 Å². The minimum absolute atomic E-state index is 0. The molecule has 1 saturated heterocycles. The number of halogens is 1. The molecular formula is C20H26ClN3O4S. The van der Waals surface area contributed by atoms with Crippen LogP contribution in [0.1, 0.15) is 49.3 Å². The van der Waals surface area contributed by atoms with Crippen molar-refractivity contribution in [2.45, 2.75) is 31.4 Å². The summed E-state index contributed by atoms with van der Waals surface area (Å²) in [5, 5.41) is 6.28. The van der Waals surface area contributed by atoms with Gasteiger partial charge in [0.15, 0.2) is 5.76 Å². The van der Waals surface area contributed by atoms with E-state index in [1.165, 1.54) is 15.3 Å². The van der Waals surface area contributed by atoms with Gasteiger partial charge in [0.2, 0.25) is 0 Å². The first-order valence-electron chi connectivity index (χ1n) is 9.55. The molecule has 0 saturated carbocycles. The van der Waals surface area contributed by atoms with E-state index in [1.807, 2.05) is 6.07 Å². The number of nitrogens with one attached hydrogen (secondary N) is 2. The van der Waals surface area contributed by atoms with Crippen LogP contribution in [0.3, 0.4) is 0 Å². The van der Waals surface area contributed by atoms with Gasteiger partial charge in [-0.25, -0.2) is 0 Å². The Hall–Kier alpha value is -1.87. The van der Waals surface area contributed by atoms with E-state index in [0.717, 1.165) is 32.4 Å². The van der Waals surface area contributed by atoms with Gasteiger partial charge in [0, 0.05) is 19.0 Å². The van der Waals surface area contributed by atoms with Crippen LogP contribution in [0.25, 0.3) is 0 Å². The number of carbonyl (C=O) groups excluding carboxylic acids is 2. The zero-order chi connectivity index (χ0) is 19.7. The Labute approximate surface area is 180 Å². The molecule has 9 heteroatoms. The Kier molecular flexibility index (Phi) is 6.68. The summed E-state index contributed by atoms with van der Waals surface area (Å²) in [6, 6.07) is 5.35. The van der Waals surface area contributed by atoms with Crippen LogP contribution < -0.4 is 10.6 Å². The highest BCUT2D eigenvalue weighted by molar-refractivity contribution is 7.14. The highest BCUT2D eigenvalue weighted by atomic mass is 35.5. The van der Waals surface area contributed by atoms with Gasteiger partial charge in [-0.3, -0.25) is 9.59 Å². The molecule has 2 amide bonds. The van der Waals surface area contributed by atoms with Gasteiger partial charge in [-0.2, -0.15) is 0 Å². The third-order valence-corrected chi connectivity index (χ3v) is 6.67. The molecule has 2 aliphatic rings. The number of thiophene rings is 1. The molecule has 4 rings (SSSR count). The molecule has 1 fully saturated rings. The lowest BCUT2D eigenvalue weighted by Gasteiger charge is -2.40. The Morgan fingerprint density at radius 2 is 2.03 bits per heavy atom. The van der Waals surface area contributed by atoms with Gasteiger partial charge in [0.1, 0.15) is 11.4 Å². The summed E-state index contributed by atoms with van der Waals surface area (Å²) >= 11 is 1.54. The van der Waals surface area contributed by atoms with E-state index >= 15 is 0 Å². The van der Waals surface area contributed by atoms with E-state index < -0.39 is 0 Å². The van der Waals surface area contributed by atoms with E-state index in [-0.39, 0.29) is 42.1 Å². The van der Waals surface area contributed by atoms with E-state index in [0.29, 0.717) is 17.2 Å². The highest BCUT2D eigenvalue weighted by Gasteiger charge is 2.41. The standard InChI is InChI=1S/C20H25N3O4S.ClH/c1-23(2)19(25)15-4-3-14(27-15)12-22-18(24)16-11-13-5-10-26-20(17(13)28-16)6-8-21-9-7-20;/h3-4,11,21H,5-10,12H2,1-2H3,(H,22,24);1H. The maximum atomic E-state index is 12.7. The van der Waals surface area contributed by atoms with Gasteiger partial charge in [0.05, 0.1) is 18.0 Å². The average Bonchev–Trinajstić information content (AvgIpc) is 3.34. The second-order valence-corrected chi connectivity index (χ2v) is 8.51. The summed E-state index contributed by atoms with van der Waals surface area (Å²) in [5.41, 5.74) is 1.00. The molecule has 0 unspecified atom stereocenters. The van der Waals surface area contributed by atoms with E-state index in [1.54, 1.807) is 37.6 Å². The molecule has 7 nitrogen and oxygen atoms in total. The fourth-order valence-corrected chi connectivity index (χ4v) is 5.13. The summed E-state index contributed by atoms with van der Waals surface area (Å²) in [5.74, 6) is 0.500. The molecule has 1 spiro atoms. The highest BCUT2D eigenvalue weighted by Crippen LogP contribution is 2.44. The number of nitrogens with zero attached hydrogens (tertiary/aromatic N) is 1. The van der Waals surface area contributed by atoms with Crippen molar-refractivity contribution < 1.29 is 18.7 Å². The number of fused-ring (bicyclic) bond motifs is 2. The van der Waals surface area contributed by atoms with Crippen molar-refractivity contribution in [1.29, 1.82) is 0 Å². The molecular weight excluding hydrogens is 414 g/mol. The summed E-state index contributed by atoms with van der Waals surface area (Å²) in [6.45, 7) is 2.82. The van der Waals surface area contributed by atoms with Crippen LogP contribution in [0.4, 0.5) is 0 Å². The molecule has 2 aliphatic heterocycles. The fraction of sp³-hybridized carbons (Fsp3) is 0.500. The van der Waals surface area contributed by atoms with Crippen molar-refractivity contribution in [3.05, 3.63) is 45.0 Å². The quantitative estimate of drug-likeness (QED) is 0.764. The lowest BCUT2D eigenvalue weighted by atomic mass is 9.86. The molecule has 2 N–H and O–H groups in total. The fourth-order valence-electron chi connectivity index (χ4n) is 3.80. The number of carbonyl (C=O) groups is 2. The number of furan rings is 1. The topological polar surface area (TPSA) is 83.8 Å². The molecule has 2 aromatic heterocycles. The van der Waals surface area contributed by atoms with Gasteiger partial charge in [-0.1, -0.05) is 0 Å². The lowest BCUT2D eigenvalue weighted by Crippen LogP contribution is -2.43. The van der Waals surface area contributed by atoms with E-state index in [4.69, 9.17) is 9.15 Å². The van der Waals surface area contributed by atoms with Crippen LogP contribution in [-0.4, -0.2) is 50.5 Å². The summed E-state index contributed by atoms with van der Waals surface area (Å²) in [4.78, 5) is 28.0. The minimum Gasteiger partial charge on any atom is -0.454 e. The maximum absolute atomic E-state index is 12.7. The number of amides is 2. The van der Waals surface area contributed by atoms with Crippen molar-refractivity contribution in [3.8, 4) is 0 Å².